The van der Waals surface area contributed by atoms with Crippen molar-refractivity contribution in [3.8, 4) is 11.5 Å². The molecule has 19 heavy (non-hydrogen) atoms. The van der Waals surface area contributed by atoms with Gasteiger partial charge in [0.1, 0.15) is 19.0 Å². The summed E-state index contributed by atoms with van der Waals surface area (Å²) in [5, 5.41) is 5.76. The van der Waals surface area contributed by atoms with Crippen molar-refractivity contribution < 1.29 is 9.47 Å². The third-order valence-corrected chi connectivity index (χ3v) is 3.85. The second kappa shape index (κ2) is 3.76. The summed E-state index contributed by atoms with van der Waals surface area (Å²) >= 11 is 0. The maximum atomic E-state index is 5.65. The van der Waals surface area contributed by atoms with E-state index in [0.29, 0.717) is 13.2 Å². The van der Waals surface area contributed by atoms with E-state index < -0.39 is 0 Å². The average molecular weight is 256 g/mol. The first-order chi connectivity index (χ1) is 9.23. The molecular weight excluding hydrogens is 240 g/mol. The summed E-state index contributed by atoms with van der Waals surface area (Å²) < 4.78 is 11.3. The summed E-state index contributed by atoms with van der Waals surface area (Å²) in [5.41, 5.74) is 0.217. The van der Waals surface area contributed by atoms with E-state index in [1.54, 1.807) is 0 Å². The Bertz CT molecular complexity index is 650. The topological polar surface area (TPSA) is 43.4 Å². The number of pyridine rings is 1. The molecule has 0 amide bonds. The molecule has 1 aromatic heterocycles. The molecule has 98 valence electrons. The molecule has 0 radical (unpaired) electrons. The van der Waals surface area contributed by atoms with Crippen LogP contribution in [-0.4, -0.2) is 23.7 Å². The molecule has 1 aromatic carbocycles. The Labute approximate surface area is 111 Å². The Morgan fingerprint density at radius 3 is 2.63 bits per heavy atom. The second-order valence-electron chi connectivity index (χ2n) is 5.56. The summed E-state index contributed by atoms with van der Waals surface area (Å²) in [7, 11) is 0. The van der Waals surface area contributed by atoms with Crippen molar-refractivity contribution in [3.63, 3.8) is 0 Å². The van der Waals surface area contributed by atoms with Crippen LogP contribution in [0.4, 0.5) is 5.82 Å². The highest BCUT2D eigenvalue weighted by Crippen LogP contribution is 2.41. The van der Waals surface area contributed by atoms with Crippen LogP contribution < -0.4 is 14.8 Å². The molecule has 1 aliphatic carbocycles. The Morgan fingerprint density at radius 1 is 1.16 bits per heavy atom. The highest BCUT2D eigenvalue weighted by Gasteiger charge is 2.37. The Kier molecular flexibility index (Phi) is 2.16. The lowest BCUT2D eigenvalue weighted by atomic mass is 10.1. The van der Waals surface area contributed by atoms with Gasteiger partial charge in [-0.05, 0) is 43.4 Å². The standard InChI is InChI=1S/C15H16N2O2/c1-15(3-4-15)17-14-11-9-13-12(18-6-7-19-13)8-10(11)2-5-16-14/h2,5,8-9H,3-4,6-7H2,1H3,(H,16,17). The van der Waals surface area contributed by atoms with Crippen molar-refractivity contribution in [1.29, 1.82) is 0 Å². The number of benzene rings is 1. The minimum absolute atomic E-state index is 0.217. The summed E-state index contributed by atoms with van der Waals surface area (Å²) in [6.45, 7) is 3.46. The zero-order valence-electron chi connectivity index (χ0n) is 10.9. The number of aromatic nitrogens is 1. The third-order valence-electron chi connectivity index (χ3n) is 3.85. The minimum Gasteiger partial charge on any atom is -0.486 e. The van der Waals surface area contributed by atoms with Crippen LogP contribution in [-0.2, 0) is 0 Å². The van der Waals surface area contributed by atoms with Crippen LogP contribution in [0.5, 0.6) is 11.5 Å². The van der Waals surface area contributed by atoms with Gasteiger partial charge in [0.25, 0.3) is 0 Å². The molecule has 1 N–H and O–H groups in total. The fourth-order valence-corrected chi connectivity index (χ4v) is 2.41. The van der Waals surface area contributed by atoms with Crippen LogP contribution >= 0.6 is 0 Å². The van der Waals surface area contributed by atoms with Gasteiger partial charge in [0.05, 0.1) is 0 Å². The molecule has 1 saturated carbocycles. The van der Waals surface area contributed by atoms with Crippen LogP contribution in [0, 0.1) is 0 Å². The summed E-state index contributed by atoms with van der Waals surface area (Å²) in [5.74, 6) is 2.58. The Hall–Kier alpha value is -1.97. The zero-order chi connectivity index (χ0) is 12.9. The SMILES string of the molecule is CC1(Nc2nccc3cc4c(cc23)OCCO4)CC1. The number of hydrogen-bond donors (Lipinski definition) is 1. The Morgan fingerprint density at radius 2 is 1.89 bits per heavy atom. The lowest BCUT2D eigenvalue weighted by Gasteiger charge is -2.20. The number of nitrogens with one attached hydrogen (secondary N) is 1. The van der Waals surface area contributed by atoms with Crippen LogP contribution in [0.15, 0.2) is 24.4 Å². The van der Waals surface area contributed by atoms with E-state index in [0.717, 1.165) is 28.1 Å². The molecule has 0 unspecified atom stereocenters. The van der Waals surface area contributed by atoms with Gasteiger partial charge >= 0.3 is 0 Å². The highest BCUT2D eigenvalue weighted by molar-refractivity contribution is 5.94. The van der Waals surface area contributed by atoms with Gasteiger partial charge < -0.3 is 14.8 Å². The molecule has 4 nitrogen and oxygen atoms in total. The number of anilines is 1. The number of rotatable bonds is 2. The lowest BCUT2D eigenvalue weighted by Crippen LogP contribution is -2.17. The van der Waals surface area contributed by atoms with Crippen LogP contribution in [0.2, 0.25) is 0 Å². The fourth-order valence-electron chi connectivity index (χ4n) is 2.41. The molecule has 1 fully saturated rings. The van der Waals surface area contributed by atoms with Gasteiger partial charge in [-0.25, -0.2) is 4.98 Å². The number of nitrogens with zero attached hydrogens (tertiary/aromatic N) is 1. The third kappa shape index (κ3) is 1.87. The maximum Gasteiger partial charge on any atom is 0.162 e. The molecule has 4 rings (SSSR count). The van der Waals surface area contributed by atoms with Gasteiger partial charge in [0.2, 0.25) is 0 Å². The molecule has 1 aliphatic heterocycles. The van der Waals surface area contributed by atoms with Crippen molar-refractivity contribution in [1.82, 2.24) is 4.98 Å². The first kappa shape index (κ1) is 10.9. The van der Waals surface area contributed by atoms with Crippen LogP contribution in [0.3, 0.4) is 0 Å². The van der Waals surface area contributed by atoms with Crippen molar-refractivity contribution in [2.75, 3.05) is 18.5 Å². The number of hydrogen-bond acceptors (Lipinski definition) is 4. The molecule has 0 atom stereocenters. The Balaban J connectivity index is 1.84. The molecule has 2 heterocycles. The van der Waals surface area contributed by atoms with Gasteiger partial charge in [0.15, 0.2) is 11.5 Å². The second-order valence-corrected chi connectivity index (χ2v) is 5.56. The molecule has 2 aromatic rings. The largest absolute Gasteiger partial charge is 0.486 e. The first-order valence-electron chi connectivity index (χ1n) is 6.70. The van der Waals surface area contributed by atoms with Crippen molar-refractivity contribution in [2.24, 2.45) is 0 Å². The number of ether oxygens (including phenoxy) is 2. The van der Waals surface area contributed by atoms with E-state index in [2.05, 4.69) is 17.2 Å². The molecule has 0 saturated heterocycles. The van der Waals surface area contributed by atoms with E-state index in [-0.39, 0.29) is 5.54 Å². The predicted molar refractivity (Wildman–Crippen MR) is 74.0 cm³/mol. The van der Waals surface area contributed by atoms with Crippen LogP contribution in [0.1, 0.15) is 19.8 Å². The van der Waals surface area contributed by atoms with Crippen molar-refractivity contribution in [3.05, 3.63) is 24.4 Å². The van der Waals surface area contributed by atoms with E-state index >= 15 is 0 Å². The van der Waals surface area contributed by atoms with Gasteiger partial charge in [-0.3, -0.25) is 0 Å². The summed E-state index contributed by atoms with van der Waals surface area (Å²) in [6.07, 6.45) is 4.25. The molecule has 4 heteroatoms. The molecule has 0 bridgehead atoms. The van der Waals surface area contributed by atoms with E-state index in [1.807, 2.05) is 24.4 Å². The molecule has 0 spiro atoms. The van der Waals surface area contributed by atoms with Gasteiger partial charge in [0, 0.05) is 17.1 Å². The number of fused-ring (bicyclic) bond motifs is 2. The average Bonchev–Trinajstić information content (AvgIpc) is 3.15. The molecule has 2 aliphatic rings. The van der Waals surface area contributed by atoms with E-state index in [1.165, 1.54) is 12.8 Å². The fraction of sp³-hybridized carbons (Fsp3) is 0.400. The van der Waals surface area contributed by atoms with Crippen molar-refractivity contribution in [2.45, 2.75) is 25.3 Å². The van der Waals surface area contributed by atoms with Crippen molar-refractivity contribution >= 4 is 16.6 Å². The smallest absolute Gasteiger partial charge is 0.162 e. The predicted octanol–water partition coefficient (Wildman–Crippen LogP) is 2.97. The molecular formula is C15H16N2O2. The van der Waals surface area contributed by atoms with E-state index in [9.17, 15) is 0 Å². The zero-order valence-corrected chi connectivity index (χ0v) is 10.9. The van der Waals surface area contributed by atoms with E-state index in [4.69, 9.17) is 9.47 Å². The quantitative estimate of drug-likeness (QED) is 0.897. The maximum absolute atomic E-state index is 5.65. The normalized spacial score (nSPS) is 19.2. The summed E-state index contributed by atoms with van der Waals surface area (Å²) in [6, 6.07) is 6.07. The monoisotopic (exact) mass is 256 g/mol. The summed E-state index contributed by atoms with van der Waals surface area (Å²) in [4.78, 5) is 4.47. The highest BCUT2D eigenvalue weighted by atomic mass is 16.6. The first-order valence-corrected chi connectivity index (χ1v) is 6.70. The van der Waals surface area contributed by atoms with Gasteiger partial charge in [-0.15, -0.1) is 0 Å². The lowest BCUT2D eigenvalue weighted by molar-refractivity contribution is 0.172. The van der Waals surface area contributed by atoms with Crippen LogP contribution in [0.25, 0.3) is 10.8 Å². The van der Waals surface area contributed by atoms with Gasteiger partial charge in [-0.1, -0.05) is 0 Å². The van der Waals surface area contributed by atoms with Gasteiger partial charge in [-0.2, -0.15) is 0 Å². The minimum atomic E-state index is 0.217.